The van der Waals surface area contributed by atoms with Gasteiger partial charge < -0.3 is 20.4 Å². The quantitative estimate of drug-likeness (QED) is 0.510. The highest BCUT2D eigenvalue weighted by Crippen LogP contribution is 2.29. The van der Waals surface area contributed by atoms with Gasteiger partial charge in [-0.15, -0.1) is 0 Å². The van der Waals surface area contributed by atoms with Gasteiger partial charge in [-0.1, -0.05) is 0 Å². The highest BCUT2D eigenvalue weighted by Gasteiger charge is 2.15. The molecular weight excluding hydrogens is 359 g/mol. The zero-order valence-corrected chi connectivity index (χ0v) is 15.0. The zero-order valence-electron chi connectivity index (χ0n) is 15.0. The maximum Gasteiger partial charge on any atom is 0.291 e. The second kappa shape index (κ2) is 7.03. The van der Waals surface area contributed by atoms with Crippen molar-refractivity contribution in [3.05, 3.63) is 78.6 Å². The molecule has 0 unspecified atom stereocenters. The Morgan fingerprint density at radius 1 is 1.14 bits per heavy atom. The average molecular weight is 376 g/mol. The summed E-state index contributed by atoms with van der Waals surface area (Å²) in [7, 11) is 1.93. The van der Waals surface area contributed by atoms with Crippen LogP contribution in [0, 0.1) is 5.82 Å². The van der Waals surface area contributed by atoms with Gasteiger partial charge >= 0.3 is 0 Å². The first-order valence-corrected chi connectivity index (χ1v) is 8.55. The zero-order chi connectivity index (χ0) is 19.7. The van der Waals surface area contributed by atoms with Crippen molar-refractivity contribution in [3.63, 3.8) is 0 Å². The number of nitrogens with two attached hydrogens (primary N) is 1. The van der Waals surface area contributed by atoms with Gasteiger partial charge in [0.2, 0.25) is 0 Å². The predicted octanol–water partition coefficient (Wildman–Crippen LogP) is 4.57. The highest BCUT2D eigenvalue weighted by atomic mass is 19.1. The molecule has 0 fully saturated rings. The van der Waals surface area contributed by atoms with E-state index in [1.54, 1.807) is 24.5 Å². The third-order valence-electron chi connectivity index (χ3n) is 4.41. The van der Waals surface area contributed by atoms with Gasteiger partial charge in [-0.3, -0.25) is 9.78 Å². The van der Waals surface area contributed by atoms with Gasteiger partial charge in [0.05, 0.1) is 23.3 Å². The number of nitrogens with one attached hydrogen (secondary N) is 1. The summed E-state index contributed by atoms with van der Waals surface area (Å²) in [5.74, 6) is -0.882. The Bertz CT molecular complexity index is 1160. The van der Waals surface area contributed by atoms with Crippen molar-refractivity contribution in [1.29, 1.82) is 0 Å². The lowest BCUT2D eigenvalue weighted by atomic mass is 10.2. The Morgan fingerprint density at radius 2 is 2.00 bits per heavy atom. The number of pyridine rings is 1. The highest BCUT2D eigenvalue weighted by molar-refractivity contribution is 6.06. The van der Waals surface area contributed by atoms with Crippen LogP contribution in [0.4, 0.5) is 27.1 Å². The molecule has 1 amide bonds. The van der Waals surface area contributed by atoms with E-state index < -0.39 is 11.7 Å². The fraction of sp³-hybridized carbons (Fsp3) is 0.0476. The van der Waals surface area contributed by atoms with Gasteiger partial charge in [0.1, 0.15) is 11.4 Å². The number of hydrogen-bond donors (Lipinski definition) is 2. The standard InChI is InChI=1S/C21H17FN4O2/c1-26(16-3-2-8-24-12-16)15-5-7-19-13(9-15)10-20(28-19)21(27)25-18-11-14(22)4-6-17(18)23/h2-12H,23H2,1H3,(H,25,27). The number of furan rings is 1. The first kappa shape index (κ1) is 17.5. The summed E-state index contributed by atoms with van der Waals surface area (Å²) in [6, 6.07) is 14.8. The van der Waals surface area contributed by atoms with E-state index in [0.29, 0.717) is 5.58 Å². The van der Waals surface area contributed by atoms with Gasteiger partial charge in [-0.25, -0.2) is 4.39 Å². The summed E-state index contributed by atoms with van der Waals surface area (Å²) in [5.41, 5.74) is 8.67. The molecule has 7 heteroatoms. The number of aromatic nitrogens is 1. The lowest BCUT2D eigenvalue weighted by Gasteiger charge is -2.18. The molecule has 0 saturated carbocycles. The molecule has 3 N–H and O–H groups in total. The Morgan fingerprint density at radius 3 is 2.79 bits per heavy atom. The van der Waals surface area contributed by atoms with Crippen molar-refractivity contribution >= 4 is 39.6 Å². The number of carbonyl (C=O) groups is 1. The van der Waals surface area contributed by atoms with Crippen LogP contribution in [0.25, 0.3) is 11.0 Å². The minimum Gasteiger partial charge on any atom is -0.451 e. The first-order chi connectivity index (χ1) is 13.5. The Labute approximate surface area is 160 Å². The number of anilines is 4. The summed E-state index contributed by atoms with van der Waals surface area (Å²) in [4.78, 5) is 18.6. The molecule has 0 aliphatic rings. The lowest BCUT2D eigenvalue weighted by molar-refractivity contribution is 0.0999. The van der Waals surface area contributed by atoms with E-state index in [2.05, 4.69) is 10.3 Å². The predicted molar refractivity (Wildman–Crippen MR) is 107 cm³/mol. The SMILES string of the molecule is CN(c1cccnc1)c1ccc2oc(C(=O)Nc3cc(F)ccc3N)cc2c1. The third kappa shape index (κ3) is 3.37. The monoisotopic (exact) mass is 376 g/mol. The smallest absolute Gasteiger partial charge is 0.291 e. The van der Waals surface area contributed by atoms with Crippen LogP contribution < -0.4 is 16.0 Å². The Hall–Kier alpha value is -3.87. The van der Waals surface area contributed by atoms with Crippen molar-refractivity contribution in [1.82, 2.24) is 4.98 Å². The molecule has 2 heterocycles. The Balaban J connectivity index is 1.61. The second-order valence-electron chi connectivity index (χ2n) is 6.29. The molecule has 6 nitrogen and oxygen atoms in total. The van der Waals surface area contributed by atoms with E-state index in [4.69, 9.17) is 10.2 Å². The van der Waals surface area contributed by atoms with Gasteiger partial charge in [-0.05, 0) is 54.6 Å². The van der Waals surface area contributed by atoms with E-state index >= 15 is 0 Å². The van der Waals surface area contributed by atoms with E-state index in [0.717, 1.165) is 22.8 Å². The number of fused-ring (bicyclic) bond motifs is 1. The second-order valence-corrected chi connectivity index (χ2v) is 6.29. The molecular formula is C21H17FN4O2. The molecule has 2 aromatic carbocycles. The van der Waals surface area contributed by atoms with Gasteiger partial charge in [0.15, 0.2) is 5.76 Å². The number of halogens is 1. The summed E-state index contributed by atoms with van der Waals surface area (Å²) >= 11 is 0. The summed E-state index contributed by atoms with van der Waals surface area (Å²) in [6.07, 6.45) is 3.48. The Kier molecular flexibility index (Phi) is 4.41. The van der Waals surface area contributed by atoms with Crippen LogP contribution in [0.5, 0.6) is 0 Å². The van der Waals surface area contributed by atoms with Crippen LogP contribution in [0.3, 0.4) is 0 Å². The maximum absolute atomic E-state index is 13.4. The van der Waals surface area contributed by atoms with Crippen molar-refractivity contribution in [2.24, 2.45) is 0 Å². The van der Waals surface area contributed by atoms with Gasteiger partial charge in [0.25, 0.3) is 5.91 Å². The van der Waals surface area contributed by atoms with Crippen LogP contribution in [-0.2, 0) is 0 Å². The number of hydrogen-bond acceptors (Lipinski definition) is 5. The maximum atomic E-state index is 13.4. The molecule has 0 bridgehead atoms. The minimum absolute atomic E-state index is 0.111. The molecule has 4 aromatic rings. The van der Waals surface area contributed by atoms with E-state index in [-0.39, 0.29) is 17.1 Å². The van der Waals surface area contributed by atoms with Gasteiger partial charge in [0, 0.05) is 24.3 Å². The van der Waals surface area contributed by atoms with Crippen LogP contribution >= 0.6 is 0 Å². The lowest BCUT2D eigenvalue weighted by Crippen LogP contribution is -2.12. The molecule has 0 atom stereocenters. The summed E-state index contributed by atoms with van der Waals surface area (Å²) in [5, 5.41) is 3.34. The molecule has 2 aromatic heterocycles. The third-order valence-corrected chi connectivity index (χ3v) is 4.41. The number of carbonyl (C=O) groups excluding carboxylic acids is 1. The number of rotatable bonds is 4. The molecule has 0 radical (unpaired) electrons. The number of nitrogen functional groups attached to an aromatic ring is 1. The van der Waals surface area contributed by atoms with Crippen LogP contribution in [0.2, 0.25) is 0 Å². The minimum atomic E-state index is -0.504. The molecule has 0 aliphatic carbocycles. The van der Waals surface area contributed by atoms with Crippen LogP contribution in [-0.4, -0.2) is 17.9 Å². The van der Waals surface area contributed by atoms with Crippen LogP contribution in [0.15, 0.2) is 71.4 Å². The molecule has 0 aliphatic heterocycles. The fourth-order valence-electron chi connectivity index (χ4n) is 2.87. The van der Waals surface area contributed by atoms with E-state index in [1.165, 1.54) is 12.1 Å². The average Bonchev–Trinajstić information content (AvgIpc) is 3.14. The van der Waals surface area contributed by atoms with Gasteiger partial charge in [-0.2, -0.15) is 0 Å². The topological polar surface area (TPSA) is 84.4 Å². The normalized spacial score (nSPS) is 10.8. The van der Waals surface area contributed by atoms with Crippen LogP contribution in [0.1, 0.15) is 10.6 Å². The summed E-state index contributed by atoms with van der Waals surface area (Å²) < 4.78 is 19.0. The first-order valence-electron chi connectivity index (χ1n) is 8.55. The molecule has 140 valence electrons. The van der Waals surface area contributed by atoms with E-state index in [9.17, 15) is 9.18 Å². The molecule has 0 saturated heterocycles. The molecule has 28 heavy (non-hydrogen) atoms. The van der Waals surface area contributed by atoms with Crippen molar-refractivity contribution in [2.45, 2.75) is 0 Å². The van der Waals surface area contributed by atoms with Crippen molar-refractivity contribution in [3.8, 4) is 0 Å². The largest absolute Gasteiger partial charge is 0.451 e. The number of benzene rings is 2. The van der Waals surface area contributed by atoms with Crippen molar-refractivity contribution < 1.29 is 13.6 Å². The molecule has 0 spiro atoms. The number of amides is 1. The van der Waals surface area contributed by atoms with Crippen molar-refractivity contribution in [2.75, 3.05) is 23.0 Å². The fourth-order valence-corrected chi connectivity index (χ4v) is 2.87. The number of nitrogens with zero attached hydrogens (tertiary/aromatic N) is 2. The van der Waals surface area contributed by atoms with E-state index in [1.807, 2.05) is 36.2 Å². The summed E-state index contributed by atoms with van der Waals surface area (Å²) in [6.45, 7) is 0. The molecule has 4 rings (SSSR count).